The molecule has 2 atom stereocenters. The molecule has 4 heteroatoms. The summed E-state index contributed by atoms with van der Waals surface area (Å²) in [5, 5.41) is 2.60. The van der Waals surface area contributed by atoms with Crippen molar-refractivity contribution in [2.45, 2.75) is 32.2 Å². The molecule has 134 valence electrons. The highest BCUT2D eigenvalue weighted by Gasteiger charge is 2.26. The Bertz CT molecular complexity index is 986. The molecule has 1 heterocycles. The molecule has 2 aromatic carbocycles. The monoisotopic (exact) mass is 380 g/mol. The van der Waals surface area contributed by atoms with E-state index >= 15 is 0 Å². The molecule has 0 aliphatic heterocycles. The molecule has 0 radical (unpaired) electrons. The Balaban J connectivity index is 1.83. The minimum absolute atomic E-state index is 0.444. The van der Waals surface area contributed by atoms with Crippen LogP contribution in [0.3, 0.4) is 0 Å². The van der Waals surface area contributed by atoms with Crippen LogP contribution in [0.2, 0.25) is 0 Å². The summed E-state index contributed by atoms with van der Waals surface area (Å²) < 4.78 is 7.08. The molecule has 4 rings (SSSR count). The van der Waals surface area contributed by atoms with Crippen LogP contribution in [0.1, 0.15) is 31.7 Å². The zero-order valence-corrected chi connectivity index (χ0v) is 16.9. The van der Waals surface area contributed by atoms with Gasteiger partial charge in [-0.1, -0.05) is 49.4 Å². The average Bonchev–Trinajstić information content (AvgIpc) is 2.90. The Morgan fingerprint density at radius 2 is 1.92 bits per heavy atom. The van der Waals surface area contributed by atoms with Gasteiger partial charge in [0, 0.05) is 38.8 Å². The molecule has 3 aromatic rings. The first-order chi connectivity index (χ1) is 12.7. The smallest absolute Gasteiger partial charge is 0.144 e. The highest BCUT2D eigenvalue weighted by Crippen LogP contribution is 2.37. The van der Waals surface area contributed by atoms with E-state index in [2.05, 4.69) is 90.7 Å². The molecule has 0 amide bonds. The normalized spacial score (nSPS) is 21.3. The Hall–Kier alpha value is -1.78. The van der Waals surface area contributed by atoms with Gasteiger partial charge in [-0.05, 0) is 50.1 Å². The summed E-state index contributed by atoms with van der Waals surface area (Å²) in [5.74, 6) is 1.59. The number of hydrogen-bond acceptors (Lipinski definition) is 3. The Morgan fingerprint density at radius 3 is 2.77 bits per heavy atom. The first kappa shape index (κ1) is 17.6. The van der Waals surface area contributed by atoms with Crippen molar-refractivity contribution >= 4 is 50.2 Å². The van der Waals surface area contributed by atoms with Crippen molar-refractivity contribution in [3.63, 3.8) is 0 Å². The molecule has 0 saturated heterocycles. The standard InChI is InChI=1S/C22H24N2S2/c1-15-9-4-3-5-12-18(15)24(2)22(23-25)17-11-8-14-20-21(17)16-10-6-7-13-19(16)26-20/h3,5-8,10-11,13-15,18,25H,4,9,12H2,1-2H3/t15?,18-/m0/s1. The first-order valence-corrected chi connectivity index (χ1v) is 10.4. The van der Waals surface area contributed by atoms with Crippen LogP contribution in [-0.4, -0.2) is 23.8 Å². The second kappa shape index (κ2) is 7.45. The van der Waals surface area contributed by atoms with Crippen LogP contribution in [0.15, 0.2) is 59.0 Å². The highest BCUT2D eigenvalue weighted by molar-refractivity contribution is 7.79. The molecule has 1 aliphatic carbocycles. The molecule has 0 spiro atoms. The fraction of sp³-hybridized carbons (Fsp3) is 0.318. The van der Waals surface area contributed by atoms with E-state index in [-0.39, 0.29) is 0 Å². The van der Waals surface area contributed by atoms with Crippen LogP contribution in [0.4, 0.5) is 0 Å². The second-order valence-electron chi connectivity index (χ2n) is 7.14. The van der Waals surface area contributed by atoms with Crippen molar-refractivity contribution in [2.24, 2.45) is 10.3 Å². The van der Waals surface area contributed by atoms with Gasteiger partial charge in [-0.25, -0.2) is 4.40 Å². The zero-order valence-electron chi connectivity index (χ0n) is 15.2. The number of nitrogens with zero attached hydrogens (tertiary/aromatic N) is 2. The lowest BCUT2D eigenvalue weighted by Crippen LogP contribution is -2.41. The van der Waals surface area contributed by atoms with E-state index in [4.69, 9.17) is 0 Å². The predicted molar refractivity (Wildman–Crippen MR) is 119 cm³/mol. The van der Waals surface area contributed by atoms with Crippen molar-refractivity contribution in [3.8, 4) is 0 Å². The maximum Gasteiger partial charge on any atom is 0.144 e. The summed E-state index contributed by atoms with van der Waals surface area (Å²) in [6.45, 7) is 2.35. The van der Waals surface area contributed by atoms with Crippen molar-refractivity contribution in [2.75, 3.05) is 7.05 Å². The molecule has 2 nitrogen and oxygen atoms in total. The number of fused-ring (bicyclic) bond motifs is 3. The van der Waals surface area contributed by atoms with Gasteiger partial charge in [0.25, 0.3) is 0 Å². The van der Waals surface area contributed by atoms with Gasteiger partial charge in [-0.15, -0.1) is 11.3 Å². The number of amidine groups is 1. The second-order valence-corrected chi connectivity index (χ2v) is 8.42. The summed E-state index contributed by atoms with van der Waals surface area (Å²) in [5.41, 5.74) is 1.18. The zero-order chi connectivity index (χ0) is 18.1. The SMILES string of the molecule is CC1CCC=CC[C@@H]1N(C)C(=NS)c1cccc2sc3ccccc3c12. The van der Waals surface area contributed by atoms with E-state index < -0.39 is 0 Å². The summed E-state index contributed by atoms with van der Waals surface area (Å²) in [6, 6.07) is 15.6. The van der Waals surface area contributed by atoms with Crippen LogP contribution in [0.25, 0.3) is 20.2 Å². The Labute approximate surface area is 164 Å². The number of allylic oxidation sites excluding steroid dienone is 1. The molecule has 0 fully saturated rings. The van der Waals surface area contributed by atoms with E-state index in [1.165, 1.54) is 38.6 Å². The fourth-order valence-corrected chi connectivity index (χ4v) is 5.49. The lowest BCUT2D eigenvalue weighted by molar-refractivity contribution is 0.268. The average molecular weight is 381 g/mol. The highest BCUT2D eigenvalue weighted by atomic mass is 32.1. The van der Waals surface area contributed by atoms with Gasteiger partial charge in [0.05, 0.1) is 0 Å². The predicted octanol–water partition coefficient (Wildman–Crippen LogP) is 6.32. The number of thiophene rings is 1. The summed E-state index contributed by atoms with van der Waals surface area (Å²) in [7, 11) is 2.17. The van der Waals surface area contributed by atoms with Gasteiger partial charge in [0.1, 0.15) is 5.84 Å². The van der Waals surface area contributed by atoms with E-state index in [0.717, 1.165) is 12.3 Å². The van der Waals surface area contributed by atoms with Crippen molar-refractivity contribution in [1.82, 2.24) is 4.90 Å². The summed E-state index contributed by atoms with van der Waals surface area (Å²) in [6.07, 6.45) is 8.09. The van der Waals surface area contributed by atoms with Gasteiger partial charge < -0.3 is 4.90 Å². The van der Waals surface area contributed by atoms with E-state index in [1.807, 2.05) is 11.3 Å². The van der Waals surface area contributed by atoms with Gasteiger partial charge in [0.15, 0.2) is 0 Å². The Kier molecular flexibility index (Phi) is 5.05. The third kappa shape index (κ3) is 3.06. The number of rotatable bonds is 2. The molecule has 1 unspecified atom stereocenters. The minimum atomic E-state index is 0.444. The van der Waals surface area contributed by atoms with Crippen LogP contribution >= 0.6 is 24.2 Å². The molecule has 26 heavy (non-hydrogen) atoms. The third-order valence-electron chi connectivity index (χ3n) is 5.56. The molecular weight excluding hydrogens is 356 g/mol. The van der Waals surface area contributed by atoms with E-state index in [1.54, 1.807) is 0 Å². The van der Waals surface area contributed by atoms with Gasteiger partial charge in [0.2, 0.25) is 0 Å². The molecular formula is C22H24N2S2. The topological polar surface area (TPSA) is 15.6 Å². The van der Waals surface area contributed by atoms with Crippen molar-refractivity contribution in [1.29, 1.82) is 0 Å². The van der Waals surface area contributed by atoms with E-state index in [9.17, 15) is 0 Å². The van der Waals surface area contributed by atoms with Crippen LogP contribution < -0.4 is 0 Å². The molecule has 1 aromatic heterocycles. The summed E-state index contributed by atoms with van der Waals surface area (Å²) >= 11 is 6.22. The molecule has 0 N–H and O–H groups in total. The lowest BCUT2D eigenvalue weighted by atomic mass is 9.94. The van der Waals surface area contributed by atoms with Crippen molar-refractivity contribution < 1.29 is 0 Å². The maximum absolute atomic E-state index is 4.45. The fourth-order valence-electron chi connectivity index (χ4n) is 4.11. The number of hydrogen-bond donors (Lipinski definition) is 1. The van der Waals surface area contributed by atoms with Crippen molar-refractivity contribution in [3.05, 3.63) is 60.2 Å². The van der Waals surface area contributed by atoms with Gasteiger partial charge >= 0.3 is 0 Å². The van der Waals surface area contributed by atoms with Crippen LogP contribution in [-0.2, 0) is 0 Å². The number of thiol groups is 1. The van der Waals surface area contributed by atoms with Crippen LogP contribution in [0.5, 0.6) is 0 Å². The molecule has 0 saturated carbocycles. The van der Waals surface area contributed by atoms with Gasteiger partial charge in [-0.2, -0.15) is 0 Å². The molecule has 1 aliphatic rings. The quantitative estimate of drug-likeness (QED) is 0.238. The van der Waals surface area contributed by atoms with Crippen LogP contribution in [0, 0.1) is 5.92 Å². The lowest BCUT2D eigenvalue weighted by Gasteiger charge is -2.34. The summed E-state index contributed by atoms with van der Waals surface area (Å²) in [4.78, 5) is 2.34. The first-order valence-electron chi connectivity index (χ1n) is 9.21. The van der Waals surface area contributed by atoms with Gasteiger partial charge in [-0.3, -0.25) is 0 Å². The number of benzene rings is 2. The minimum Gasteiger partial charge on any atom is -0.355 e. The Morgan fingerprint density at radius 1 is 1.12 bits per heavy atom. The molecule has 0 bridgehead atoms. The largest absolute Gasteiger partial charge is 0.355 e. The maximum atomic E-state index is 4.45. The van der Waals surface area contributed by atoms with E-state index in [0.29, 0.717) is 12.0 Å². The third-order valence-corrected chi connectivity index (χ3v) is 6.88.